The van der Waals surface area contributed by atoms with Crippen molar-refractivity contribution in [1.82, 2.24) is 0 Å². The molecule has 1 aliphatic carbocycles. The summed E-state index contributed by atoms with van der Waals surface area (Å²) in [6.07, 6.45) is 6.21. The molecule has 4 nitrogen and oxygen atoms in total. The molecule has 3 aliphatic rings. The first-order chi connectivity index (χ1) is 21.2. The van der Waals surface area contributed by atoms with Crippen molar-refractivity contribution in [3.8, 4) is 12.1 Å². The maximum absolute atomic E-state index is 9.97. The minimum atomic E-state index is 0.0136. The van der Waals surface area contributed by atoms with Gasteiger partial charge < -0.3 is 9.80 Å². The summed E-state index contributed by atoms with van der Waals surface area (Å²) in [6.45, 7) is 0.0136. The molecule has 1 saturated carbocycles. The van der Waals surface area contributed by atoms with E-state index in [4.69, 9.17) is 0 Å². The molecule has 5 aromatic rings. The fourth-order valence-corrected chi connectivity index (χ4v) is 7.55. The number of rotatable bonds is 3. The van der Waals surface area contributed by atoms with Crippen LogP contribution in [0, 0.1) is 22.7 Å². The Bertz CT molecular complexity index is 1960. The van der Waals surface area contributed by atoms with E-state index in [9.17, 15) is 10.5 Å². The molecule has 0 bridgehead atoms. The van der Waals surface area contributed by atoms with Gasteiger partial charge in [-0.05, 0) is 101 Å². The van der Waals surface area contributed by atoms with Gasteiger partial charge in [0.25, 0.3) is 6.71 Å². The second-order valence-corrected chi connectivity index (χ2v) is 11.9. The lowest BCUT2D eigenvalue weighted by atomic mass is 9.33. The Morgan fingerprint density at radius 3 is 1.98 bits per heavy atom. The Morgan fingerprint density at radius 1 is 0.558 bits per heavy atom. The zero-order valence-electron chi connectivity index (χ0n) is 23.9. The average molecular weight is 552 g/mol. The highest BCUT2D eigenvalue weighted by Crippen LogP contribution is 2.46. The number of hydrogen-bond acceptors (Lipinski definition) is 4. The summed E-state index contributed by atoms with van der Waals surface area (Å²) in [7, 11) is 0. The lowest BCUT2D eigenvalue weighted by Gasteiger charge is -2.45. The van der Waals surface area contributed by atoms with Gasteiger partial charge in [0.05, 0.1) is 23.3 Å². The molecule has 43 heavy (non-hydrogen) atoms. The summed E-state index contributed by atoms with van der Waals surface area (Å²) in [6, 6.07) is 43.0. The second kappa shape index (κ2) is 10.2. The van der Waals surface area contributed by atoms with E-state index in [1.165, 1.54) is 65.4 Å². The summed E-state index contributed by atoms with van der Waals surface area (Å²) >= 11 is 0. The Morgan fingerprint density at radius 2 is 1.21 bits per heavy atom. The number of para-hydroxylation sites is 2. The van der Waals surface area contributed by atoms with Crippen molar-refractivity contribution >= 4 is 57.2 Å². The Kier molecular flexibility index (Phi) is 6.06. The molecule has 2 heterocycles. The minimum Gasteiger partial charge on any atom is -0.311 e. The SMILES string of the molecule is N#Cc1cccc(N2c3cc(C#N)ccc3B3c4ccccc4N(c4ccccc4)c4cc(C5CCCCC5)cc2c43)c1. The maximum Gasteiger partial charge on any atom is 0.252 e. The van der Waals surface area contributed by atoms with Gasteiger partial charge in [0.2, 0.25) is 0 Å². The highest BCUT2D eigenvalue weighted by molar-refractivity contribution is 7.00. The average Bonchev–Trinajstić information content (AvgIpc) is 3.08. The molecule has 204 valence electrons. The predicted octanol–water partition coefficient (Wildman–Crippen LogP) is 7.56. The van der Waals surface area contributed by atoms with Crippen LogP contribution < -0.4 is 26.2 Å². The maximum atomic E-state index is 9.97. The summed E-state index contributed by atoms with van der Waals surface area (Å²) in [4.78, 5) is 4.74. The van der Waals surface area contributed by atoms with Crippen molar-refractivity contribution in [3.05, 3.63) is 126 Å². The zero-order valence-corrected chi connectivity index (χ0v) is 23.9. The number of hydrogen-bond donors (Lipinski definition) is 0. The molecule has 5 heteroatoms. The van der Waals surface area contributed by atoms with Crippen molar-refractivity contribution in [3.63, 3.8) is 0 Å². The molecule has 5 aromatic carbocycles. The molecule has 0 saturated heterocycles. The largest absolute Gasteiger partial charge is 0.311 e. The summed E-state index contributed by atoms with van der Waals surface area (Å²) in [5.41, 5.74) is 12.9. The third kappa shape index (κ3) is 4.04. The van der Waals surface area contributed by atoms with Crippen LogP contribution in [0.5, 0.6) is 0 Å². The smallest absolute Gasteiger partial charge is 0.252 e. The molecule has 0 atom stereocenters. The van der Waals surface area contributed by atoms with E-state index in [0.29, 0.717) is 17.0 Å². The van der Waals surface area contributed by atoms with Gasteiger partial charge >= 0.3 is 0 Å². The van der Waals surface area contributed by atoms with Gasteiger partial charge in [0.1, 0.15) is 0 Å². The van der Waals surface area contributed by atoms with Crippen LogP contribution in [0.4, 0.5) is 34.1 Å². The topological polar surface area (TPSA) is 54.1 Å². The first kappa shape index (κ1) is 25.5. The first-order valence-electron chi connectivity index (χ1n) is 15.2. The summed E-state index contributed by atoms with van der Waals surface area (Å²) < 4.78 is 0. The molecule has 0 N–H and O–H groups in total. The predicted molar refractivity (Wildman–Crippen MR) is 176 cm³/mol. The van der Waals surface area contributed by atoms with Gasteiger partial charge in [-0.1, -0.05) is 67.8 Å². The summed E-state index contributed by atoms with van der Waals surface area (Å²) in [5.74, 6) is 0.502. The third-order valence-electron chi connectivity index (χ3n) is 9.45. The number of nitriles is 2. The molecule has 0 unspecified atom stereocenters. The Hall–Kier alpha value is -5.26. The fourth-order valence-electron chi connectivity index (χ4n) is 7.55. The second-order valence-electron chi connectivity index (χ2n) is 11.9. The van der Waals surface area contributed by atoms with Crippen LogP contribution in [0.25, 0.3) is 0 Å². The van der Waals surface area contributed by atoms with Gasteiger partial charge in [-0.2, -0.15) is 10.5 Å². The summed E-state index contributed by atoms with van der Waals surface area (Å²) in [5, 5.41) is 19.8. The number of anilines is 6. The third-order valence-corrected chi connectivity index (χ3v) is 9.45. The van der Waals surface area contributed by atoms with Gasteiger partial charge in [-0.25, -0.2) is 0 Å². The van der Waals surface area contributed by atoms with E-state index in [1.54, 1.807) is 0 Å². The van der Waals surface area contributed by atoms with E-state index in [1.807, 2.05) is 30.3 Å². The van der Waals surface area contributed by atoms with Crippen molar-refractivity contribution < 1.29 is 0 Å². The Labute approximate surface area is 253 Å². The Balaban J connectivity index is 1.49. The van der Waals surface area contributed by atoms with Crippen LogP contribution in [0.1, 0.15) is 54.7 Å². The molecular formula is C38H29BN4. The molecule has 0 radical (unpaired) electrons. The first-order valence-corrected chi connectivity index (χ1v) is 15.2. The molecule has 2 aliphatic heterocycles. The number of fused-ring (bicyclic) bond motifs is 4. The van der Waals surface area contributed by atoms with Crippen molar-refractivity contribution in [2.24, 2.45) is 0 Å². The van der Waals surface area contributed by atoms with Crippen LogP contribution in [0.3, 0.4) is 0 Å². The number of nitrogens with zero attached hydrogens (tertiary/aromatic N) is 4. The molecule has 1 fully saturated rings. The van der Waals surface area contributed by atoms with Crippen LogP contribution in [0.2, 0.25) is 0 Å². The van der Waals surface area contributed by atoms with Gasteiger partial charge in [0, 0.05) is 34.1 Å². The van der Waals surface area contributed by atoms with Crippen LogP contribution in [-0.4, -0.2) is 6.71 Å². The number of benzene rings is 5. The van der Waals surface area contributed by atoms with Crippen LogP contribution >= 0.6 is 0 Å². The van der Waals surface area contributed by atoms with Crippen molar-refractivity contribution in [2.75, 3.05) is 9.80 Å². The highest BCUT2D eigenvalue weighted by atomic mass is 15.2. The van der Waals surface area contributed by atoms with E-state index >= 15 is 0 Å². The molecule has 0 aromatic heterocycles. The zero-order chi connectivity index (χ0) is 28.9. The van der Waals surface area contributed by atoms with Gasteiger partial charge in [-0.3, -0.25) is 0 Å². The van der Waals surface area contributed by atoms with Gasteiger partial charge in [0.15, 0.2) is 0 Å². The van der Waals surface area contributed by atoms with Gasteiger partial charge in [-0.15, -0.1) is 0 Å². The fraction of sp³-hybridized carbons (Fsp3) is 0.158. The quantitative estimate of drug-likeness (QED) is 0.212. The molecular weight excluding hydrogens is 523 g/mol. The van der Waals surface area contributed by atoms with Crippen molar-refractivity contribution in [1.29, 1.82) is 10.5 Å². The monoisotopic (exact) mass is 552 g/mol. The van der Waals surface area contributed by atoms with Crippen molar-refractivity contribution in [2.45, 2.75) is 38.0 Å². The molecule has 0 amide bonds. The van der Waals surface area contributed by atoms with E-state index in [2.05, 4.69) is 101 Å². The lowest BCUT2D eigenvalue weighted by molar-refractivity contribution is 0.444. The standard InChI is InChI=1S/C38H29BN4/c40-24-26-10-9-15-31(20-26)43-35-21-27(25-41)18-19-33(35)39-32-16-7-8-17-34(32)42(30-13-5-2-6-14-30)36-22-29(23-37(43)38(36)39)28-11-3-1-4-12-28/h2,5-10,13-23,28H,1,3-4,11-12H2. The molecule has 8 rings (SSSR count). The van der Waals surface area contributed by atoms with E-state index < -0.39 is 0 Å². The highest BCUT2D eigenvalue weighted by Gasteiger charge is 2.43. The normalized spacial score (nSPS) is 15.2. The molecule has 0 spiro atoms. The lowest BCUT2D eigenvalue weighted by Crippen LogP contribution is -2.61. The van der Waals surface area contributed by atoms with Crippen LogP contribution in [0.15, 0.2) is 109 Å². The van der Waals surface area contributed by atoms with Crippen LogP contribution in [-0.2, 0) is 0 Å². The minimum absolute atomic E-state index is 0.0136. The van der Waals surface area contributed by atoms with E-state index in [0.717, 1.165) is 22.7 Å². The van der Waals surface area contributed by atoms with E-state index in [-0.39, 0.29) is 6.71 Å².